The van der Waals surface area contributed by atoms with Gasteiger partial charge in [0.25, 0.3) is 0 Å². The van der Waals surface area contributed by atoms with Crippen LogP contribution >= 0.6 is 0 Å². The molecule has 0 aliphatic heterocycles. The molecule has 2 bridgehead atoms. The van der Waals surface area contributed by atoms with E-state index >= 15 is 0 Å². The second-order valence-electron chi connectivity index (χ2n) is 6.24. The van der Waals surface area contributed by atoms with Crippen molar-refractivity contribution in [2.24, 2.45) is 5.41 Å². The molecule has 2 radical (unpaired) electrons. The molecule has 3 saturated carbocycles. The normalized spacial score (nSPS) is 34.5. The molecule has 2 heteroatoms. The van der Waals surface area contributed by atoms with E-state index in [9.17, 15) is 4.79 Å². The van der Waals surface area contributed by atoms with Crippen molar-refractivity contribution in [3.05, 3.63) is 29.8 Å². The first-order chi connectivity index (χ1) is 8.56. The minimum absolute atomic E-state index is 0.0234. The topological polar surface area (TPSA) is 17.1 Å². The van der Waals surface area contributed by atoms with Crippen LogP contribution in [-0.4, -0.2) is 13.6 Å². The molecule has 0 N–H and O–H groups in total. The van der Waals surface area contributed by atoms with Gasteiger partial charge in [-0.1, -0.05) is 29.7 Å². The van der Waals surface area contributed by atoms with Crippen LogP contribution in [0, 0.1) is 5.41 Å². The van der Waals surface area contributed by atoms with Gasteiger partial charge in [0.1, 0.15) is 13.6 Å². The van der Waals surface area contributed by atoms with Crippen LogP contribution in [0.25, 0.3) is 0 Å². The zero-order valence-corrected chi connectivity index (χ0v) is 11.0. The third-order valence-electron chi connectivity index (χ3n) is 5.52. The highest BCUT2D eigenvalue weighted by Gasteiger charge is 2.51. The summed E-state index contributed by atoms with van der Waals surface area (Å²) in [7, 11) is 5.77. The number of fused-ring (bicyclic) bond motifs is 3. The molecule has 0 spiro atoms. The van der Waals surface area contributed by atoms with E-state index in [0.717, 1.165) is 44.0 Å². The molecule has 1 nitrogen and oxygen atoms in total. The highest BCUT2D eigenvalue weighted by molar-refractivity contribution is 6.32. The summed E-state index contributed by atoms with van der Waals surface area (Å²) in [6.07, 6.45) is 6.72. The first-order valence-corrected chi connectivity index (χ1v) is 6.94. The highest BCUT2D eigenvalue weighted by Crippen LogP contribution is 2.57. The van der Waals surface area contributed by atoms with Gasteiger partial charge in [-0.15, -0.1) is 0 Å². The summed E-state index contributed by atoms with van der Waals surface area (Å²) >= 11 is 0. The second kappa shape index (κ2) is 3.98. The lowest BCUT2D eigenvalue weighted by atomic mass is 9.51. The van der Waals surface area contributed by atoms with E-state index in [1.807, 2.05) is 12.1 Å². The Balaban J connectivity index is 1.88. The maximum atomic E-state index is 11.8. The molecular formula is C16H19BO. The molecule has 0 atom stereocenters. The Hall–Kier alpha value is -1.05. The lowest BCUT2D eigenvalue weighted by Crippen LogP contribution is -2.47. The van der Waals surface area contributed by atoms with Crippen LogP contribution in [0.3, 0.4) is 0 Å². The number of benzene rings is 1. The van der Waals surface area contributed by atoms with Crippen molar-refractivity contribution < 1.29 is 4.79 Å². The summed E-state index contributed by atoms with van der Waals surface area (Å²) < 4.78 is 0. The van der Waals surface area contributed by atoms with Crippen molar-refractivity contribution in [3.8, 4) is 0 Å². The van der Waals surface area contributed by atoms with Crippen LogP contribution in [-0.2, 0) is 10.2 Å². The fraction of sp³-hybridized carbons (Fsp3) is 0.562. The number of hydrogen-bond donors (Lipinski definition) is 0. The monoisotopic (exact) mass is 238 g/mol. The van der Waals surface area contributed by atoms with Gasteiger partial charge in [0.2, 0.25) is 0 Å². The second-order valence-corrected chi connectivity index (χ2v) is 6.24. The average molecular weight is 238 g/mol. The maximum Gasteiger partial charge on any atom is 0.135 e. The van der Waals surface area contributed by atoms with E-state index in [2.05, 4.69) is 12.1 Å². The Bertz CT molecular complexity index is 450. The Morgan fingerprint density at radius 3 is 1.94 bits per heavy atom. The van der Waals surface area contributed by atoms with Crippen LogP contribution in [0.4, 0.5) is 0 Å². The van der Waals surface area contributed by atoms with Gasteiger partial charge in [-0.25, -0.2) is 0 Å². The van der Waals surface area contributed by atoms with Gasteiger partial charge >= 0.3 is 0 Å². The van der Waals surface area contributed by atoms with E-state index in [-0.39, 0.29) is 5.41 Å². The Morgan fingerprint density at radius 1 is 1.00 bits per heavy atom. The number of rotatable bonds is 2. The standard InChI is InChI=1S/C16H19BO/c1-12(18)15-6-9-16(10-7-15,11-8-15)13-2-4-14(17)5-3-13/h2-5H,6-11H2,1H3. The predicted molar refractivity (Wildman–Crippen MR) is 74.3 cm³/mol. The molecule has 0 aromatic heterocycles. The first-order valence-electron chi connectivity index (χ1n) is 6.94. The molecule has 4 rings (SSSR count). The number of carbonyl (C=O) groups is 1. The summed E-state index contributed by atoms with van der Waals surface area (Å²) in [6.45, 7) is 1.78. The Labute approximate surface area is 110 Å². The third kappa shape index (κ3) is 1.65. The van der Waals surface area contributed by atoms with Gasteiger partial charge in [0.05, 0.1) is 0 Å². The van der Waals surface area contributed by atoms with Gasteiger partial charge in [-0.3, -0.25) is 4.79 Å². The number of carbonyl (C=O) groups excluding carboxylic acids is 1. The molecular weight excluding hydrogens is 219 g/mol. The maximum absolute atomic E-state index is 11.8. The lowest BCUT2D eigenvalue weighted by molar-refractivity contribution is -0.133. The summed E-state index contributed by atoms with van der Waals surface area (Å²) in [5.41, 5.74) is 2.61. The van der Waals surface area contributed by atoms with Crippen LogP contribution in [0.1, 0.15) is 51.0 Å². The molecule has 0 amide bonds. The lowest BCUT2D eigenvalue weighted by Gasteiger charge is -2.52. The van der Waals surface area contributed by atoms with Crippen molar-refractivity contribution in [2.75, 3.05) is 0 Å². The van der Waals surface area contributed by atoms with E-state index in [1.54, 1.807) is 6.92 Å². The minimum Gasteiger partial charge on any atom is -0.299 e. The predicted octanol–water partition coefficient (Wildman–Crippen LogP) is 2.66. The van der Waals surface area contributed by atoms with Gasteiger partial charge in [0.15, 0.2) is 0 Å². The van der Waals surface area contributed by atoms with Gasteiger partial charge in [-0.2, -0.15) is 0 Å². The minimum atomic E-state index is 0.0234. The van der Waals surface area contributed by atoms with E-state index in [1.165, 1.54) is 5.56 Å². The Morgan fingerprint density at radius 2 is 1.50 bits per heavy atom. The summed E-state index contributed by atoms with van der Waals surface area (Å²) in [6, 6.07) is 8.37. The van der Waals surface area contributed by atoms with Crippen LogP contribution in [0.2, 0.25) is 0 Å². The van der Waals surface area contributed by atoms with Gasteiger partial charge in [0, 0.05) is 5.41 Å². The zero-order chi connectivity index (χ0) is 12.8. The molecule has 0 heterocycles. The summed E-state index contributed by atoms with van der Waals surface area (Å²) in [5.74, 6) is 0.410. The van der Waals surface area contributed by atoms with Crippen LogP contribution < -0.4 is 5.46 Å². The molecule has 92 valence electrons. The van der Waals surface area contributed by atoms with E-state index < -0.39 is 0 Å². The molecule has 1 aromatic carbocycles. The van der Waals surface area contributed by atoms with Crippen molar-refractivity contribution in [1.29, 1.82) is 0 Å². The van der Waals surface area contributed by atoms with Gasteiger partial charge in [-0.05, 0) is 56.4 Å². The SMILES string of the molecule is [B]c1ccc(C23CCC(C(C)=O)(CC2)CC3)cc1. The number of ketones is 1. The highest BCUT2D eigenvalue weighted by atomic mass is 16.1. The fourth-order valence-electron chi connectivity index (χ4n) is 3.98. The molecule has 3 fully saturated rings. The molecule has 0 unspecified atom stereocenters. The smallest absolute Gasteiger partial charge is 0.135 e. The Kier molecular flexibility index (Phi) is 2.65. The third-order valence-corrected chi connectivity index (χ3v) is 5.52. The van der Waals surface area contributed by atoms with E-state index in [0.29, 0.717) is 11.2 Å². The van der Waals surface area contributed by atoms with Crippen LogP contribution in [0.5, 0.6) is 0 Å². The number of hydrogen-bond acceptors (Lipinski definition) is 1. The van der Waals surface area contributed by atoms with Crippen molar-refractivity contribution in [3.63, 3.8) is 0 Å². The van der Waals surface area contributed by atoms with Crippen molar-refractivity contribution in [1.82, 2.24) is 0 Å². The summed E-state index contributed by atoms with van der Waals surface area (Å²) in [5, 5.41) is 0. The number of Topliss-reactive ketones (excluding diaryl/α,β-unsaturated/α-hetero) is 1. The van der Waals surface area contributed by atoms with Crippen LogP contribution in [0.15, 0.2) is 24.3 Å². The van der Waals surface area contributed by atoms with Gasteiger partial charge < -0.3 is 0 Å². The molecule has 3 aliphatic rings. The molecule has 0 saturated heterocycles. The molecule has 1 aromatic rings. The van der Waals surface area contributed by atoms with E-state index in [4.69, 9.17) is 7.85 Å². The van der Waals surface area contributed by atoms with Crippen molar-refractivity contribution >= 4 is 19.1 Å². The van der Waals surface area contributed by atoms with Crippen molar-refractivity contribution in [2.45, 2.75) is 50.9 Å². The average Bonchev–Trinajstić information content (AvgIpc) is 2.41. The first kappa shape index (κ1) is 12.0. The summed E-state index contributed by atoms with van der Waals surface area (Å²) in [4.78, 5) is 11.8. The largest absolute Gasteiger partial charge is 0.299 e. The molecule has 3 aliphatic carbocycles. The zero-order valence-electron chi connectivity index (χ0n) is 11.0. The quantitative estimate of drug-likeness (QED) is 0.724. The fourth-order valence-corrected chi connectivity index (χ4v) is 3.98. The molecule has 18 heavy (non-hydrogen) atoms.